The maximum atomic E-state index is 5.13. The van der Waals surface area contributed by atoms with Crippen LogP contribution in [-0.2, 0) is 0 Å². The molecule has 20 heavy (non-hydrogen) atoms. The van der Waals surface area contributed by atoms with Crippen LogP contribution >= 0.6 is 39.7 Å². The summed E-state index contributed by atoms with van der Waals surface area (Å²) in [4.78, 5) is 5.77. The van der Waals surface area contributed by atoms with E-state index in [9.17, 15) is 0 Å². The van der Waals surface area contributed by atoms with Gasteiger partial charge in [0, 0.05) is 11.1 Å². The van der Waals surface area contributed by atoms with Crippen molar-refractivity contribution in [3.05, 3.63) is 47.2 Å². The van der Waals surface area contributed by atoms with Gasteiger partial charge in [-0.2, -0.15) is 0 Å². The van der Waals surface area contributed by atoms with Gasteiger partial charge in [-0.15, -0.1) is 39.7 Å². The molecule has 3 aromatic rings. The molecule has 0 aliphatic heterocycles. The monoisotopic (exact) mass is 368 g/mol. The summed E-state index contributed by atoms with van der Waals surface area (Å²) >= 11 is 3.31. The Morgan fingerprint density at radius 2 is 1.90 bits per heavy atom. The van der Waals surface area contributed by atoms with Crippen LogP contribution in [0.5, 0.6) is 5.75 Å². The van der Waals surface area contributed by atoms with E-state index >= 15 is 0 Å². The number of thiophene rings is 1. The van der Waals surface area contributed by atoms with Gasteiger partial charge in [-0.05, 0) is 35.7 Å². The highest BCUT2D eigenvalue weighted by atomic mass is 79.9. The number of rotatable bonds is 4. The Morgan fingerprint density at radius 3 is 2.55 bits per heavy atom. The number of hydrogen-bond donors (Lipinski definition) is 1. The van der Waals surface area contributed by atoms with Crippen LogP contribution in [-0.4, -0.2) is 12.1 Å². The van der Waals surface area contributed by atoms with Crippen molar-refractivity contribution in [3.8, 4) is 16.3 Å². The van der Waals surface area contributed by atoms with E-state index in [0.29, 0.717) is 0 Å². The molecule has 3 rings (SSSR count). The van der Waals surface area contributed by atoms with Crippen molar-refractivity contribution < 1.29 is 4.74 Å². The van der Waals surface area contributed by atoms with Crippen LogP contribution in [0.3, 0.4) is 0 Å². The molecule has 1 N–H and O–H groups in total. The van der Waals surface area contributed by atoms with E-state index in [-0.39, 0.29) is 17.0 Å². The minimum absolute atomic E-state index is 0. The summed E-state index contributed by atoms with van der Waals surface area (Å²) in [7, 11) is 1.66. The zero-order valence-electron chi connectivity index (χ0n) is 10.7. The minimum Gasteiger partial charge on any atom is -0.497 e. The van der Waals surface area contributed by atoms with E-state index in [1.54, 1.807) is 29.8 Å². The molecule has 1 aromatic carbocycles. The second-order valence-corrected chi connectivity index (χ2v) is 5.67. The van der Waals surface area contributed by atoms with Crippen molar-refractivity contribution >= 4 is 50.5 Å². The number of ether oxygens (including phenoxy) is 1. The lowest BCUT2D eigenvalue weighted by atomic mass is 10.3. The van der Waals surface area contributed by atoms with Crippen molar-refractivity contribution in [1.82, 2.24) is 4.98 Å². The van der Waals surface area contributed by atoms with Crippen LogP contribution in [0.2, 0.25) is 0 Å². The first kappa shape index (κ1) is 15.0. The molecule has 0 aliphatic rings. The van der Waals surface area contributed by atoms with E-state index in [2.05, 4.69) is 27.1 Å². The fourth-order valence-electron chi connectivity index (χ4n) is 1.67. The quantitative estimate of drug-likeness (QED) is 0.686. The van der Waals surface area contributed by atoms with Crippen LogP contribution in [0.1, 0.15) is 0 Å². The number of hydrogen-bond acceptors (Lipinski definition) is 5. The van der Waals surface area contributed by atoms with Gasteiger partial charge in [0.25, 0.3) is 0 Å². The van der Waals surface area contributed by atoms with E-state index in [0.717, 1.165) is 22.3 Å². The van der Waals surface area contributed by atoms with Crippen molar-refractivity contribution in [1.29, 1.82) is 0 Å². The molecule has 3 nitrogen and oxygen atoms in total. The van der Waals surface area contributed by atoms with E-state index < -0.39 is 0 Å². The fraction of sp³-hybridized carbons (Fsp3) is 0.0714. The van der Waals surface area contributed by atoms with Gasteiger partial charge in [0.15, 0.2) is 5.13 Å². The topological polar surface area (TPSA) is 34.1 Å². The zero-order valence-corrected chi connectivity index (χ0v) is 14.0. The predicted molar refractivity (Wildman–Crippen MR) is 92.0 cm³/mol. The van der Waals surface area contributed by atoms with Gasteiger partial charge in [-0.1, -0.05) is 6.07 Å². The number of anilines is 2. The van der Waals surface area contributed by atoms with Gasteiger partial charge < -0.3 is 10.1 Å². The third-order valence-electron chi connectivity index (χ3n) is 2.62. The molecule has 0 aliphatic carbocycles. The van der Waals surface area contributed by atoms with Crippen molar-refractivity contribution in [3.63, 3.8) is 0 Å². The largest absolute Gasteiger partial charge is 0.497 e. The standard InChI is InChI=1S/C14H12N2OS2.BrH/c1-17-11-6-4-10(5-7-11)15-14-16-12(9-19-14)13-3-2-8-18-13;/h2-9H,1H3,(H,15,16);1H. The lowest BCUT2D eigenvalue weighted by molar-refractivity contribution is 0.415. The molecule has 6 heteroatoms. The van der Waals surface area contributed by atoms with Gasteiger partial charge in [-0.25, -0.2) is 4.98 Å². The van der Waals surface area contributed by atoms with Crippen LogP contribution < -0.4 is 10.1 Å². The molecule has 0 bridgehead atoms. The van der Waals surface area contributed by atoms with Crippen LogP contribution in [0.4, 0.5) is 10.8 Å². The Balaban J connectivity index is 0.00000147. The summed E-state index contributed by atoms with van der Waals surface area (Å²) < 4.78 is 5.13. The lowest BCUT2D eigenvalue weighted by Crippen LogP contribution is -1.89. The molecule has 0 saturated heterocycles. The molecule has 0 fully saturated rings. The van der Waals surface area contributed by atoms with Gasteiger partial charge in [0.2, 0.25) is 0 Å². The smallest absolute Gasteiger partial charge is 0.187 e. The van der Waals surface area contributed by atoms with Crippen LogP contribution in [0.15, 0.2) is 47.2 Å². The molecule has 0 radical (unpaired) electrons. The molecule has 0 unspecified atom stereocenters. The summed E-state index contributed by atoms with van der Waals surface area (Å²) in [6, 6.07) is 11.9. The summed E-state index contributed by atoms with van der Waals surface area (Å²) in [5, 5.41) is 8.32. The summed E-state index contributed by atoms with van der Waals surface area (Å²) in [5.74, 6) is 0.851. The first-order valence-electron chi connectivity index (χ1n) is 5.75. The maximum Gasteiger partial charge on any atom is 0.187 e. The number of nitrogens with zero attached hydrogens (tertiary/aromatic N) is 1. The molecule has 0 atom stereocenters. The van der Waals surface area contributed by atoms with Crippen molar-refractivity contribution in [2.45, 2.75) is 0 Å². The highest BCUT2D eigenvalue weighted by Gasteiger charge is 2.05. The number of benzene rings is 1. The van der Waals surface area contributed by atoms with E-state index in [4.69, 9.17) is 4.74 Å². The summed E-state index contributed by atoms with van der Waals surface area (Å²) in [6.07, 6.45) is 0. The van der Waals surface area contributed by atoms with E-state index in [1.165, 1.54) is 4.88 Å². The Morgan fingerprint density at radius 1 is 1.10 bits per heavy atom. The molecule has 2 heterocycles. The third-order valence-corrected chi connectivity index (χ3v) is 4.27. The highest BCUT2D eigenvalue weighted by Crippen LogP contribution is 2.30. The van der Waals surface area contributed by atoms with Gasteiger partial charge in [0.1, 0.15) is 5.75 Å². The predicted octanol–water partition coefficient (Wildman–Crippen LogP) is 5.20. The number of thiazole rings is 1. The number of halogens is 1. The number of methoxy groups -OCH3 is 1. The summed E-state index contributed by atoms with van der Waals surface area (Å²) in [6.45, 7) is 0. The average molecular weight is 369 g/mol. The maximum absolute atomic E-state index is 5.13. The minimum atomic E-state index is 0. The SMILES string of the molecule is Br.COc1ccc(Nc2nc(-c3cccs3)cs2)cc1. The van der Waals surface area contributed by atoms with Crippen molar-refractivity contribution in [2.24, 2.45) is 0 Å². The molecule has 104 valence electrons. The Labute approximate surface area is 136 Å². The van der Waals surface area contributed by atoms with Gasteiger partial charge in [-0.3, -0.25) is 0 Å². The van der Waals surface area contributed by atoms with Crippen molar-refractivity contribution in [2.75, 3.05) is 12.4 Å². The Kier molecular flexibility index (Phi) is 5.17. The molecule has 2 aromatic heterocycles. The molecular weight excluding hydrogens is 356 g/mol. The van der Waals surface area contributed by atoms with Gasteiger partial charge in [0.05, 0.1) is 17.7 Å². The Bertz CT molecular complexity index is 650. The molecular formula is C14H13BrN2OS2. The lowest BCUT2D eigenvalue weighted by Gasteiger charge is -2.03. The van der Waals surface area contributed by atoms with Crippen LogP contribution in [0, 0.1) is 0 Å². The molecule has 0 spiro atoms. The van der Waals surface area contributed by atoms with Crippen LogP contribution in [0.25, 0.3) is 10.6 Å². The Hall–Kier alpha value is -1.37. The first-order chi connectivity index (χ1) is 9.35. The van der Waals surface area contributed by atoms with Gasteiger partial charge >= 0.3 is 0 Å². The average Bonchev–Trinajstić information content (AvgIpc) is 3.10. The normalized spacial score (nSPS) is 9.85. The molecule has 0 saturated carbocycles. The fourth-order valence-corrected chi connectivity index (χ4v) is 3.16. The highest BCUT2D eigenvalue weighted by molar-refractivity contribution is 8.93. The second kappa shape index (κ2) is 6.88. The first-order valence-corrected chi connectivity index (χ1v) is 7.51. The van der Waals surface area contributed by atoms with E-state index in [1.807, 2.05) is 30.3 Å². The number of aromatic nitrogens is 1. The number of nitrogens with one attached hydrogen (secondary N) is 1. The summed E-state index contributed by atoms with van der Waals surface area (Å²) in [5.41, 5.74) is 2.03. The zero-order chi connectivity index (χ0) is 13.1. The third kappa shape index (κ3) is 3.39. The second-order valence-electron chi connectivity index (χ2n) is 3.87. The molecule has 0 amide bonds.